The number of hydrogen-bond acceptors (Lipinski definition) is 4. The van der Waals surface area contributed by atoms with Crippen LogP contribution in [-0.2, 0) is 11.1 Å². The second-order valence-electron chi connectivity index (χ2n) is 5.77. The van der Waals surface area contributed by atoms with E-state index in [9.17, 15) is 25.2 Å². The van der Waals surface area contributed by atoms with Crippen molar-refractivity contribution in [3.05, 3.63) is 35.9 Å². The van der Waals surface area contributed by atoms with Crippen molar-refractivity contribution in [2.45, 2.75) is 6.61 Å². The zero-order chi connectivity index (χ0) is 20.2. The topological polar surface area (TPSA) is 19.0 Å². The van der Waals surface area contributed by atoms with Crippen LogP contribution in [0.3, 0.4) is 0 Å². The summed E-state index contributed by atoms with van der Waals surface area (Å²) in [6, 6.07) is 10.3. The summed E-state index contributed by atoms with van der Waals surface area (Å²) >= 11 is 0. The Hall–Kier alpha value is -0.500. The van der Waals surface area contributed by atoms with Gasteiger partial charge in [-0.1, -0.05) is 30.3 Å². The number of nitrogens with zero attached hydrogens (tertiary/aromatic N) is 3. The maximum atomic E-state index is 9.87. The van der Waals surface area contributed by atoms with Gasteiger partial charge in [-0.25, -0.2) is 0 Å². The van der Waals surface area contributed by atoms with Crippen molar-refractivity contribution in [3.8, 4) is 0 Å². The number of halogens is 6. The Morgan fingerprint density at radius 1 is 0.760 bits per heavy atom. The molecule has 1 aromatic rings. The van der Waals surface area contributed by atoms with Crippen LogP contribution in [0.25, 0.3) is 0 Å². The van der Waals surface area contributed by atoms with E-state index in [0.29, 0.717) is 6.61 Å². The summed E-state index contributed by atoms with van der Waals surface area (Å²) < 4.78 is 72.0. The number of hydrogen-bond donors (Lipinski definition) is 0. The first kappa shape index (κ1) is 24.5. The molecular weight excluding hydrogens is 390 g/mol. The molecule has 0 spiro atoms. The van der Waals surface area contributed by atoms with Crippen molar-refractivity contribution < 1.29 is 29.7 Å². The standard InChI is InChI=1S/C13H25N3OP.F6P/c1-14(2)18(15(3)4,16(5)6)17-12-13-10-8-7-9-11-13;1-7(2,3,4,5)6/h7-11H,12H2,1-6H3;/q+1;-1. The Morgan fingerprint density at radius 2 is 1.08 bits per heavy atom. The molecule has 0 radical (unpaired) electrons. The molecule has 12 heteroatoms. The Balaban J connectivity index is 0.000000697. The number of benzene rings is 1. The third-order valence-electron chi connectivity index (χ3n) is 2.81. The Kier molecular flexibility index (Phi) is 7.47. The molecule has 0 bridgehead atoms. The van der Waals surface area contributed by atoms with Gasteiger partial charge in [0.15, 0.2) is 0 Å². The van der Waals surface area contributed by atoms with Crippen LogP contribution in [0.4, 0.5) is 25.2 Å². The summed E-state index contributed by atoms with van der Waals surface area (Å²) in [7, 11) is -0.126. The van der Waals surface area contributed by atoms with E-state index in [1.807, 2.05) is 18.2 Å². The van der Waals surface area contributed by atoms with Crippen LogP contribution in [-0.4, -0.2) is 56.3 Å². The van der Waals surface area contributed by atoms with Gasteiger partial charge < -0.3 is 0 Å². The van der Waals surface area contributed by atoms with E-state index < -0.39 is 15.8 Å². The van der Waals surface area contributed by atoms with Crippen LogP contribution in [0.2, 0.25) is 0 Å². The van der Waals surface area contributed by atoms with Crippen molar-refractivity contribution in [3.63, 3.8) is 0 Å². The zero-order valence-electron chi connectivity index (χ0n) is 15.0. The summed E-state index contributed by atoms with van der Waals surface area (Å²) in [5, 5.41) is 0. The normalized spacial score (nSPS) is 15.6. The summed E-state index contributed by atoms with van der Waals surface area (Å²) in [4.78, 5) is 0. The third-order valence-corrected chi connectivity index (χ3v) is 6.41. The first-order valence-corrected chi connectivity index (χ1v) is 10.6. The van der Waals surface area contributed by atoms with Crippen LogP contribution < -0.4 is 0 Å². The van der Waals surface area contributed by atoms with E-state index in [-0.39, 0.29) is 0 Å². The predicted octanol–water partition coefficient (Wildman–Crippen LogP) is 5.95. The summed E-state index contributed by atoms with van der Waals surface area (Å²) in [5.74, 6) is 0. The minimum absolute atomic E-state index is 0.628. The van der Waals surface area contributed by atoms with Gasteiger partial charge in [0, 0.05) is 42.3 Å². The van der Waals surface area contributed by atoms with Crippen molar-refractivity contribution in [2.75, 3.05) is 42.3 Å². The second kappa shape index (κ2) is 7.62. The molecule has 0 N–H and O–H groups in total. The molecule has 0 heterocycles. The first-order valence-electron chi connectivity index (χ1n) is 7.03. The quantitative estimate of drug-likeness (QED) is 0.422. The number of rotatable bonds is 6. The van der Waals surface area contributed by atoms with Gasteiger partial charge in [0.2, 0.25) is 0 Å². The van der Waals surface area contributed by atoms with Crippen molar-refractivity contribution in [1.82, 2.24) is 14.0 Å². The van der Waals surface area contributed by atoms with Crippen molar-refractivity contribution in [2.24, 2.45) is 0 Å². The van der Waals surface area contributed by atoms with Crippen LogP contribution in [0.15, 0.2) is 30.3 Å². The van der Waals surface area contributed by atoms with Gasteiger partial charge >= 0.3 is 40.9 Å². The molecule has 0 fully saturated rings. The van der Waals surface area contributed by atoms with E-state index in [2.05, 4.69) is 68.4 Å². The Morgan fingerprint density at radius 3 is 1.36 bits per heavy atom. The predicted molar refractivity (Wildman–Crippen MR) is 92.8 cm³/mol. The van der Waals surface area contributed by atoms with Gasteiger partial charge in [-0.3, -0.25) is 0 Å². The fourth-order valence-corrected chi connectivity index (χ4v) is 5.32. The van der Waals surface area contributed by atoms with Crippen LogP contribution in [0.1, 0.15) is 5.56 Å². The molecule has 0 amide bonds. The Bertz CT molecular complexity index is 504. The van der Waals surface area contributed by atoms with E-state index >= 15 is 0 Å². The Labute approximate surface area is 145 Å². The molecule has 0 aliphatic rings. The van der Waals surface area contributed by atoms with Crippen molar-refractivity contribution >= 4 is 15.8 Å². The molecule has 0 aromatic heterocycles. The molecule has 0 aliphatic heterocycles. The van der Waals surface area contributed by atoms with Gasteiger partial charge in [0.1, 0.15) is 6.61 Å². The molecule has 0 unspecified atom stereocenters. The molecule has 1 rings (SSSR count). The first-order chi connectivity index (χ1) is 10.9. The van der Waals surface area contributed by atoms with Gasteiger partial charge in [0.25, 0.3) is 0 Å². The second-order valence-corrected chi connectivity index (χ2v) is 11.4. The van der Waals surface area contributed by atoms with Crippen molar-refractivity contribution in [1.29, 1.82) is 0 Å². The average Bonchev–Trinajstić information content (AvgIpc) is 2.35. The zero-order valence-corrected chi connectivity index (χ0v) is 16.8. The third kappa shape index (κ3) is 10.9. The van der Waals surface area contributed by atoms with Gasteiger partial charge in [-0.05, 0) is 5.56 Å². The fourth-order valence-electron chi connectivity index (χ4n) is 2.16. The van der Waals surface area contributed by atoms with Gasteiger partial charge in [0.05, 0.1) is 0 Å². The van der Waals surface area contributed by atoms with Crippen LogP contribution >= 0.6 is 15.8 Å². The van der Waals surface area contributed by atoms with Crippen LogP contribution in [0, 0.1) is 0 Å². The minimum atomic E-state index is -10.7. The fraction of sp³-hybridized carbons (Fsp3) is 0.538. The summed E-state index contributed by atoms with van der Waals surface area (Å²) in [5.41, 5.74) is 1.20. The molecule has 1 aromatic carbocycles. The van der Waals surface area contributed by atoms with E-state index in [4.69, 9.17) is 4.52 Å². The monoisotopic (exact) mass is 415 g/mol. The molecule has 0 saturated carbocycles. The van der Waals surface area contributed by atoms with Gasteiger partial charge in [-0.15, -0.1) is 14.0 Å². The van der Waals surface area contributed by atoms with Crippen LogP contribution in [0.5, 0.6) is 0 Å². The molecule has 0 aliphatic carbocycles. The van der Waals surface area contributed by atoms with E-state index in [1.54, 1.807) is 0 Å². The average molecular weight is 415 g/mol. The van der Waals surface area contributed by atoms with E-state index in [0.717, 1.165) is 0 Å². The van der Waals surface area contributed by atoms with Gasteiger partial charge in [-0.2, -0.15) is 4.52 Å². The molecule has 4 nitrogen and oxygen atoms in total. The summed E-state index contributed by atoms with van der Waals surface area (Å²) in [6.45, 7) is 0.628. The molecular formula is C13H25F6N3OP2. The maximum absolute atomic E-state index is 10.7. The SMILES string of the molecule is CN(C)[P+](OCc1ccccc1)(N(C)C)N(C)C.F[P-](F)(F)(F)(F)F. The molecule has 0 saturated heterocycles. The molecule has 150 valence electrons. The molecule has 0 atom stereocenters. The van der Waals surface area contributed by atoms with E-state index in [1.165, 1.54) is 5.56 Å². The molecule has 25 heavy (non-hydrogen) atoms. The summed E-state index contributed by atoms with van der Waals surface area (Å²) in [6.07, 6.45) is 0.